The van der Waals surface area contributed by atoms with E-state index in [1.54, 1.807) is 18.2 Å². The van der Waals surface area contributed by atoms with Gasteiger partial charge in [0.25, 0.3) is 0 Å². The Morgan fingerprint density at radius 1 is 1.25 bits per heavy atom. The summed E-state index contributed by atoms with van der Waals surface area (Å²) >= 11 is 1.53. The highest BCUT2D eigenvalue weighted by Crippen LogP contribution is 2.40. The molecule has 1 aromatic heterocycles. The summed E-state index contributed by atoms with van der Waals surface area (Å²) in [6.07, 6.45) is 2.90. The molecule has 1 aromatic carbocycles. The Balaban J connectivity index is 1.77. The van der Waals surface area contributed by atoms with Crippen LogP contribution < -0.4 is 4.74 Å². The van der Waals surface area contributed by atoms with Crippen LogP contribution in [0, 0.1) is 17.3 Å². The molecule has 2 atom stereocenters. The second kappa shape index (κ2) is 10.1. The third-order valence-corrected chi connectivity index (χ3v) is 6.99. The molecule has 1 aliphatic rings. The van der Waals surface area contributed by atoms with E-state index in [1.165, 1.54) is 11.3 Å². The molecule has 0 bridgehead atoms. The second-order valence-corrected chi connectivity index (χ2v) is 11.7. The number of nitrogens with zero attached hydrogens (tertiary/aromatic N) is 2. The van der Waals surface area contributed by atoms with E-state index in [4.69, 9.17) is 9.47 Å². The van der Waals surface area contributed by atoms with Crippen LogP contribution in [0.25, 0.3) is 10.6 Å². The summed E-state index contributed by atoms with van der Waals surface area (Å²) < 4.78 is 36.7. The topological polar surface area (TPSA) is 34.6 Å². The molecule has 0 spiro atoms. The molecule has 0 N–H and O–H groups in total. The molecule has 1 aliphatic heterocycles. The molecule has 32 heavy (non-hydrogen) atoms. The molecule has 2 heterocycles. The van der Waals surface area contributed by atoms with Crippen LogP contribution in [0.5, 0.6) is 5.75 Å². The van der Waals surface area contributed by atoms with Crippen LogP contribution in [0.3, 0.4) is 0 Å². The Bertz CT molecular complexity index is 881. The number of halogens is 2. The van der Waals surface area contributed by atoms with E-state index in [0.717, 1.165) is 37.5 Å². The Morgan fingerprint density at radius 3 is 2.62 bits per heavy atom. The monoisotopic (exact) mass is 466 g/mol. The van der Waals surface area contributed by atoms with E-state index in [1.807, 2.05) is 12.3 Å². The number of piperidine rings is 1. The minimum Gasteiger partial charge on any atom is -0.434 e. The van der Waals surface area contributed by atoms with Crippen LogP contribution in [0.4, 0.5) is 8.78 Å². The van der Waals surface area contributed by atoms with Crippen molar-refractivity contribution in [3.63, 3.8) is 0 Å². The summed E-state index contributed by atoms with van der Waals surface area (Å²) in [7, 11) is 0. The molecule has 178 valence electrons. The molecule has 1 unspecified atom stereocenters. The van der Waals surface area contributed by atoms with Gasteiger partial charge in [0.15, 0.2) is 0 Å². The molecule has 3 rings (SSSR count). The van der Waals surface area contributed by atoms with Gasteiger partial charge in [-0.3, -0.25) is 4.90 Å². The smallest absolute Gasteiger partial charge is 0.387 e. The van der Waals surface area contributed by atoms with Crippen LogP contribution in [0.2, 0.25) is 0 Å². The molecular formula is C25H36F2N2O2S. The first-order chi connectivity index (χ1) is 14.9. The summed E-state index contributed by atoms with van der Waals surface area (Å²) in [5.41, 5.74) is 0.595. The molecule has 4 nitrogen and oxygen atoms in total. The van der Waals surface area contributed by atoms with E-state index < -0.39 is 6.61 Å². The van der Waals surface area contributed by atoms with Crippen LogP contribution >= 0.6 is 11.3 Å². The number of rotatable bonds is 8. The Labute approximate surface area is 194 Å². The lowest BCUT2D eigenvalue weighted by atomic mass is 9.72. The average molecular weight is 467 g/mol. The number of ether oxygens (including phenoxy) is 2. The lowest BCUT2D eigenvalue weighted by Gasteiger charge is -2.48. The number of likely N-dealkylation sites (tertiary alicyclic amines) is 1. The third kappa shape index (κ3) is 6.72. The SMILES string of the molecule is CC(C)CO[C@@]1(C)CC(C(C)(C)C)CN(Cc2cnc(-c3ccccc3OC(F)F)s2)C1. The zero-order chi connectivity index (χ0) is 23.5. The molecule has 1 saturated heterocycles. The van der Waals surface area contributed by atoms with Gasteiger partial charge in [-0.1, -0.05) is 46.8 Å². The second-order valence-electron chi connectivity index (χ2n) is 10.6. The first-order valence-electron chi connectivity index (χ1n) is 11.3. The van der Waals surface area contributed by atoms with Crippen molar-refractivity contribution < 1.29 is 18.3 Å². The number of para-hydroxylation sites is 1. The highest BCUT2D eigenvalue weighted by molar-refractivity contribution is 7.15. The van der Waals surface area contributed by atoms with Gasteiger partial charge in [0.2, 0.25) is 0 Å². The third-order valence-electron chi connectivity index (χ3n) is 5.97. The van der Waals surface area contributed by atoms with E-state index in [0.29, 0.717) is 22.4 Å². The Hall–Kier alpha value is -1.57. The fourth-order valence-electron chi connectivity index (χ4n) is 4.24. The van der Waals surface area contributed by atoms with E-state index >= 15 is 0 Å². The summed E-state index contributed by atoms with van der Waals surface area (Å²) in [5, 5.41) is 0.694. The van der Waals surface area contributed by atoms with Gasteiger partial charge in [-0.25, -0.2) is 4.98 Å². The summed E-state index contributed by atoms with van der Waals surface area (Å²) in [5.74, 6) is 1.17. The average Bonchev–Trinajstić information content (AvgIpc) is 3.13. The maximum absolute atomic E-state index is 12.8. The molecule has 0 saturated carbocycles. The Kier molecular flexibility index (Phi) is 7.94. The van der Waals surface area contributed by atoms with Crippen molar-refractivity contribution in [2.75, 3.05) is 19.7 Å². The van der Waals surface area contributed by atoms with Gasteiger partial charge in [0.05, 0.1) is 11.2 Å². The van der Waals surface area contributed by atoms with Gasteiger partial charge < -0.3 is 9.47 Å². The van der Waals surface area contributed by atoms with Crippen molar-refractivity contribution >= 4 is 11.3 Å². The standard InChI is InChI=1S/C25H36F2N2O2S/c1-17(2)15-30-25(6)11-18(24(3,4)5)13-29(16-25)14-19-12-28-22(32-19)20-9-7-8-10-21(20)31-23(26)27/h7-10,12,17-18,23H,11,13-16H2,1-6H3/t18?,25-/m0/s1. The number of hydrogen-bond acceptors (Lipinski definition) is 5. The number of hydrogen-bond donors (Lipinski definition) is 0. The summed E-state index contributed by atoms with van der Waals surface area (Å²) in [6, 6.07) is 6.82. The van der Waals surface area contributed by atoms with Crippen molar-refractivity contribution in [1.29, 1.82) is 0 Å². The summed E-state index contributed by atoms with van der Waals surface area (Å²) in [4.78, 5) is 8.08. The zero-order valence-electron chi connectivity index (χ0n) is 20.0. The first-order valence-corrected chi connectivity index (χ1v) is 12.1. The molecule has 7 heteroatoms. The maximum atomic E-state index is 12.8. The number of benzene rings is 1. The predicted octanol–water partition coefficient (Wildman–Crippen LogP) is 6.71. The zero-order valence-corrected chi connectivity index (χ0v) is 20.8. The molecule has 2 aromatic rings. The molecule has 0 radical (unpaired) electrons. The van der Waals surface area contributed by atoms with Crippen LogP contribution in [0.15, 0.2) is 30.5 Å². The minimum atomic E-state index is -2.86. The highest BCUT2D eigenvalue weighted by Gasteiger charge is 2.41. The van der Waals surface area contributed by atoms with Crippen molar-refractivity contribution in [1.82, 2.24) is 9.88 Å². The molecule has 1 fully saturated rings. The minimum absolute atomic E-state index is 0.156. The Morgan fingerprint density at radius 2 is 1.97 bits per heavy atom. The first kappa shape index (κ1) is 25.1. The van der Waals surface area contributed by atoms with E-state index in [2.05, 4.69) is 51.4 Å². The van der Waals surface area contributed by atoms with Gasteiger partial charge in [0, 0.05) is 37.3 Å². The number of alkyl halides is 2. The highest BCUT2D eigenvalue weighted by atomic mass is 32.1. The predicted molar refractivity (Wildman–Crippen MR) is 126 cm³/mol. The molecular weight excluding hydrogens is 430 g/mol. The van der Waals surface area contributed by atoms with E-state index in [-0.39, 0.29) is 16.8 Å². The van der Waals surface area contributed by atoms with Gasteiger partial charge in [-0.2, -0.15) is 8.78 Å². The van der Waals surface area contributed by atoms with Crippen LogP contribution in [-0.4, -0.2) is 41.8 Å². The fraction of sp³-hybridized carbons (Fsp3) is 0.640. The number of aromatic nitrogens is 1. The van der Waals surface area contributed by atoms with Crippen molar-refractivity contribution in [3.8, 4) is 16.3 Å². The lowest BCUT2D eigenvalue weighted by Crippen LogP contribution is -2.53. The van der Waals surface area contributed by atoms with Crippen molar-refractivity contribution in [2.45, 2.75) is 66.7 Å². The molecule has 0 aliphatic carbocycles. The normalized spacial score (nSPS) is 22.6. The summed E-state index contributed by atoms with van der Waals surface area (Å²) in [6.45, 7) is 14.0. The maximum Gasteiger partial charge on any atom is 0.387 e. The van der Waals surface area contributed by atoms with Gasteiger partial charge in [-0.15, -0.1) is 11.3 Å². The molecule has 0 amide bonds. The lowest BCUT2D eigenvalue weighted by molar-refractivity contribution is -0.116. The van der Waals surface area contributed by atoms with Crippen LogP contribution in [0.1, 0.15) is 52.8 Å². The largest absolute Gasteiger partial charge is 0.434 e. The van der Waals surface area contributed by atoms with Crippen molar-refractivity contribution in [2.24, 2.45) is 17.3 Å². The fourth-order valence-corrected chi connectivity index (χ4v) is 5.22. The quantitative estimate of drug-likeness (QED) is 0.433. The van der Waals surface area contributed by atoms with Gasteiger partial charge >= 0.3 is 6.61 Å². The van der Waals surface area contributed by atoms with Crippen molar-refractivity contribution in [3.05, 3.63) is 35.3 Å². The number of thiazole rings is 1. The van der Waals surface area contributed by atoms with Crippen LogP contribution in [-0.2, 0) is 11.3 Å². The van der Waals surface area contributed by atoms with E-state index in [9.17, 15) is 8.78 Å². The van der Waals surface area contributed by atoms with Gasteiger partial charge in [0.1, 0.15) is 10.8 Å². The van der Waals surface area contributed by atoms with Gasteiger partial charge in [-0.05, 0) is 42.7 Å².